The molecule has 0 fully saturated rings. The summed E-state index contributed by atoms with van der Waals surface area (Å²) in [7, 11) is 0. The van der Waals surface area contributed by atoms with E-state index in [0.717, 1.165) is 0 Å². The molecular weight excluding hydrogens is 721 g/mol. The molecule has 2 atom stereocenters. The Bertz CT molecular complexity index is 3390. The number of allylic oxidation sites excluding steroid dienone is 5. The first-order valence-corrected chi connectivity index (χ1v) is 21.3. The van der Waals surface area contributed by atoms with E-state index in [2.05, 4.69) is 208 Å². The highest BCUT2D eigenvalue weighted by Gasteiger charge is 2.47. The molecule has 0 N–H and O–H groups in total. The van der Waals surface area contributed by atoms with Gasteiger partial charge in [0.1, 0.15) is 0 Å². The summed E-state index contributed by atoms with van der Waals surface area (Å²) in [5.74, 6) is 0.370. The van der Waals surface area contributed by atoms with Gasteiger partial charge in [0, 0.05) is 11.8 Å². The van der Waals surface area contributed by atoms with Crippen molar-refractivity contribution >= 4 is 44.3 Å². The molecule has 0 spiro atoms. The van der Waals surface area contributed by atoms with Crippen molar-refractivity contribution in [2.24, 2.45) is 5.92 Å². The van der Waals surface area contributed by atoms with Crippen molar-refractivity contribution < 1.29 is 0 Å². The molecule has 0 bridgehead atoms. The van der Waals surface area contributed by atoms with Gasteiger partial charge in [-0.3, -0.25) is 0 Å². The lowest BCUT2D eigenvalue weighted by molar-refractivity contribution is 0.754. The fourth-order valence-electron chi connectivity index (χ4n) is 11.7. The molecule has 0 nitrogen and oxygen atoms in total. The summed E-state index contributed by atoms with van der Waals surface area (Å²) in [5.41, 5.74) is 26.9. The maximum Gasteiger partial charge on any atom is 0.0212 e. The monoisotopic (exact) mass is 760 g/mol. The molecule has 0 heteroatoms. The Labute approximate surface area is 351 Å². The Morgan fingerprint density at radius 1 is 0.333 bits per heavy atom. The average Bonchev–Trinajstić information content (AvgIpc) is 3.79. The molecule has 4 aliphatic rings. The largest absolute Gasteiger partial charge is 0.0622 e. The average molecular weight is 761 g/mol. The fourth-order valence-corrected chi connectivity index (χ4v) is 11.7. The molecule has 0 saturated heterocycles. The summed E-state index contributed by atoms with van der Waals surface area (Å²) < 4.78 is 0. The van der Waals surface area contributed by atoms with Gasteiger partial charge in [-0.25, -0.2) is 0 Å². The summed E-state index contributed by atoms with van der Waals surface area (Å²) in [6.07, 6.45) is 7.54. The van der Waals surface area contributed by atoms with Gasteiger partial charge in [-0.1, -0.05) is 182 Å². The standard InChI is InChI=1S/C60H40/c1-35-16-14-17-36(2)52(35)46-30-31-47-58-50(33-41-24-12-13-25-42(41)56(46)58)60-54(39-22-10-5-11-23-39)57-45-27-15-26-44-48-32-40(37-18-6-3-7-19-37)28-29-43(48)49(55(44)45)34-51(57)53(59(47)60)38-20-8-4-9-21-38/h3-34,56,58H,1-2H3. The smallest absolute Gasteiger partial charge is 0.0212 e. The van der Waals surface area contributed by atoms with Crippen molar-refractivity contribution in [3.63, 3.8) is 0 Å². The predicted molar refractivity (Wildman–Crippen MR) is 255 cm³/mol. The van der Waals surface area contributed by atoms with Crippen LogP contribution in [0.1, 0.15) is 44.9 Å². The quantitative estimate of drug-likeness (QED) is 0.157. The fraction of sp³-hybridized carbons (Fsp3) is 0.0667. The number of aryl methyl sites for hydroxylation is 2. The van der Waals surface area contributed by atoms with Crippen LogP contribution in [-0.4, -0.2) is 0 Å². The minimum absolute atomic E-state index is 0.182. The summed E-state index contributed by atoms with van der Waals surface area (Å²) in [5, 5.41) is 5.34. The van der Waals surface area contributed by atoms with Crippen LogP contribution >= 0.6 is 0 Å². The van der Waals surface area contributed by atoms with E-state index in [1.807, 2.05) is 0 Å². The zero-order valence-corrected chi connectivity index (χ0v) is 33.6. The zero-order valence-electron chi connectivity index (χ0n) is 33.6. The molecule has 9 aromatic carbocycles. The normalized spacial score (nSPS) is 16.5. The summed E-state index contributed by atoms with van der Waals surface area (Å²) in [4.78, 5) is 0. The van der Waals surface area contributed by atoms with Gasteiger partial charge in [-0.05, 0) is 159 Å². The summed E-state index contributed by atoms with van der Waals surface area (Å²) in [6, 6.07) is 66.0. The van der Waals surface area contributed by atoms with Crippen molar-refractivity contribution in [2.45, 2.75) is 19.8 Å². The third-order valence-corrected chi connectivity index (χ3v) is 14.0. The first-order chi connectivity index (χ1) is 29.6. The van der Waals surface area contributed by atoms with Crippen LogP contribution in [0.4, 0.5) is 0 Å². The highest BCUT2D eigenvalue weighted by Crippen LogP contribution is 2.66. The minimum atomic E-state index is 0.182. The van der Waals surface area contributed by atoms with E-state index in [-0.39, 0.29) is 11.8 Å². The topological polar surface area (TPSA) is 0 Å². The molecule has 0 heterocycles. The van der Waals surface area contributed by atoms with Crippen molar-refractivity contribution in [1.82, 2.24) is 0 Å². The Morgan fingerprint density at radius 2 is 0.950 bits per heavy atom. The molecule has 2 unspecified atom stereocenters. The molecule has 0 saturated carbocycles. The minimum Gasteiger partial charge on any atom is -0.0622 e. The van der Waals surface area contributed by atoms with Gasteiger partial charge in [-0.2, -0.15) is 0 Å². The van der Waals surface area contributed by atoms with Crippen LogP contribution < -0.4 is 0 Å². The van der Waals surface area contributed by atoms with Crippen LogP contribution in [0.5, 0.6) is 0 Å². The molecular formula is C60H40. The van der Waals surface area contributed by atoms with Crippen LogP contribution in [0.2, 0.25) is 0 Å². The number of hydrogen-bond donors (Lipinski definition) is 0. The van der Waals surface area contributed by atoms with E-state index in [9.17, 15) is 0 Å². The lowest BCUT2D eigenvalue weighted by Crippen LogP contribution is -2.21. The van der Waals surface area contributed by atoms with Crippen LogP contribution in [-0.2, 0) is 0 Å². The Balaban J connectivity index is 1.20. The molecule has 4 aliphatic carbocycles. The second-order valence-corrected chi connectivity index (χ2v) is 17.1. The second kappa shape index (κ2) is 12.6. The van der Waals surface area contributed by atoms with Gasteiger partial charge < -0.3 is 0 Å². The molecule has 0 aliphatic heterocycles. The third-order valence-electron chi connectivity index (χ3n) is 14.0. The van der Waals surface area contributed by atoms with Gasteiger partial charge in [0.25, 0.3) is 0 Å². The first-order valence-electron chi connectivity index (χ1n) is 21.3. The van der Waals surface area contributed by atoms with Gasteiger partial charge >= 0.3 is 0 Å². The van der Waals surface area contributed by atoms with E-state index < -0.39 is 0 Å². The predicted octanol–water partition coefficient (Wildman–Crippen LogP) is 16.0. The van der Waals surface area contributed by atoms with Crippen LogP contribution in [0.3, 0.4) is 0 Å². The Kier molecular flexibility index (Phi) is 7.08. The molecule has 280 valence electrons. The highest BCUT2D eigenvalue weighted by molar-refractivity contribution is 6.31. The van der Waals surface area contributed by atoms with Crippen LogP contribution in [0.25, 0.3) is 100.0 Å². The first kappa shape index (κ1) is 33.7. The maximum atomic E-state index is 2.56. The molecule has 0 aromatic heterocycles. The van der Waals surface area contributed by atoms with Crippen molar-refractivity contribution in [3.05, 3.63) is 227 Å². The zero-order chi connectivity index (χ0) is 39.6. The van der Waals surface area contributed by atoms with Crippen molar-refractivity contribution in [2.75, 3.05) is 0 Å². The Morgan fingerprint density at radius 3 is 1.68 bits per heavy atom. The van der Waals surface area contributed by atoms with E-state index in [4.69, 9.17) is 0 Å². The number of hydrogen-bond acceptors (Lipinski definition) is 0. The number of rotatable bonds is 4. The van der Waals surface area contributed by atoms with E-state index in [0.29, 0.717) is 0 Å². The lowest BCUT2D eigenvalue weighted by Gasteiger charge is -2.37. The van der Waals surface area contributed by atoms with Crippen LogP contribution in [0, 0.1) is 19.8 Å². The molecule has 60 heavy (non-hydrogen) atoms. The highest BCUT2D eigenvalue weighted by atomic mass is 14.5. The van der Waals surface area contributed by atoms with Crippen molar-refractivity contribution in [3.8, 4) is 55.6 Å². The third kappa shape index (κ3) is 4.57. The van der Waals surface area contributed by atoms with Gasteiger partial charge in [-0.15, -0.1) is 0 Å². The SMILES string of the molecule is Cc1cccc(C)c1C1=CC=C2c3c(c(-c4ccccc4)c4c(cc5c6c(cccc64)-c4cc(-c6ccccc6)ccc4-5)c3-c3ccccc3)C3=Cc4ccccc4C1C23. The van der Waals surface area contributed by atoms with E-state index in [1.165, 1.54) is 133 Å². The molecule has 13 rings (SSSR count). The molecule has 9 aromatic rings. The van der Waals surface area contributed by atoms with E-state index in [1.54, 1.807) is 0 Å². The lowest BCUT2D eigenvalue weighted by atomic mass is 9.66. The van der Waals surface area contributed by atoms with Gasteiger partial charge in [0.15, 0.2) is 0 Å². The summed E-state index contributed by atoms with van der Waals surface area (Å²) in [6.45, 7) is 4.57. The van der Waals surface area contributed by atoms with Crippen LogP contribution in [0.15, 0.2) is 188 Å². The van der Waals surface area contributed by atoms with E-state index >= 15 is 0 Å². The second-order valence-electron chi connectivity index (χ2n) is 17.1. The molecule has 0 radical (unpaired) electrons. The number of fused-ring (bicyclic) bond motifs is 10. The van der Waals surface area contributed by atoms with Crippen molar-refractivity contribution in [1.29, 1.82) is 0 Å². The van der Waals surface area contributed by atoms with Gasteiger partial charge in [0.05, 0.1) is 0 Å². The van der Waals surface area contributed by atoms with Gasteiger partial charge in [0.2, 0.25) is 0 Å². The summed E-state index contributed by atoms with van der Waals surface area (Å²) >= 11 is 0. The maximum absolute atomic E-state index is 2.56. The Hall–Kier alpha value is -7.28. The molecule has 0 amide bonds. The number of benzene rings is 9.